The van der Waals surface area contributed by atoms with Crippen LogP contribution in [0.4, 0.5) is 0 Å². The van der Waals surface area contributed by atoms with Crippen molar-refractivity contribution in [2.45, 2.75) is 51.6 Å². The molecule has 5 rings (SSSR count). The summed E-state index contributed by atoms with van der Waals surface area (Å²) >= 11 is 1.36. The largest absolute Gasteiger partial charge is 0.480 e. The van der Waals surface area contributed by atoms with Crippen molar-refractivity contribution < 1.29 is 24.3 Å². The van der Waals surface area contributed by atoms with Crippen LogP contribution in [0.2, 0.25) is 0 Å². The number of benzene rings is 3. The van der Waals surface area contributed by atoms with Gasteiger partial charge in [0, 0.05) is 45.9 Å². The van der Waals surface area contributed by atoms with E-state index in [1.165, 1.54) is 18.3 Å². The summed E-state index contributed by atoms with van der Waals surface area (Å²) in [6.07, 6.45) is 3.59. The molecular formula is C38H36N4O5S. The van der Waals surface area contributed by atoms with Gasteiger partial charge in [0.15, 0.2) is 11.6 Å². The molecule has 3 N–H and O–H groups in total. The number of hydrogen-bond acceptors (Lipinski definition) is 7. The average molecular weight is 661 g/mol. The summed E-state index contributed by atoms with van der Waals surface area (Å²) in [6.45, 7) is 7.55. The lowest BCUT2D eigenvalue weighted by atomic mass is 9.95. The van der Waals surface area contributed by atoms with E-state index in [1.54, 1.807) is 42.7 Å². The topological polar surface area (TPSA) is 138 Å². The van der Waals surface area contributed by atoms with Gasteiger partial charge in [-0.1, -0.05) is 99.6 Å². The highest BCUT2D eigenvalue weighted by Gasteiger charge is 2.26. The van der Waals surface area contributed by atoms with Crippen LogP contribution in [0.3, 0.4) is 0 Å². The summed E-state index contributed by atoms with van der Waals surface area (Å²) in [4.78, 5) is 61.0. The maximum atomic E-state index is 13.2. The lowest BCUT2D eigenvalue weighted by Gasteiger charge is -2.20. The summed E-state index contributed by atoms with van der Waals surface area (Å²) in [5.74, 6) is -1.70. The van der Waals surface area contributed by atoms with Gasteiger partial charge in [0.2, 0.25) is 5.91 Å². The molecule has 10 heteroatoms. The minimum atomic E-state index is -1.17. The van der Waals surface area contributed by atoms with E-state index < -0.39 is 29.9 Å². The molecule has 2 heterocycles. The zero-order valence-corrected chi connectivity index (χ0v) is 27.9. The minimum absolute atomic E-state index is 0.0430. The Morgan fingerprint density at radius 1 is 0.750 bits per heavy atom. The third-order valence-electron chi connectivity index (χ3n) is 7.74. The molecule has 9 nitrogen and oxygen atoms in total. The third-order valence-corrected chi connectivity index (χ3v) is 9.25. The number of rotatable bonds is 11. The maximum absolute atomic E-state index is 13.2. The number of aliphatic carboxylic acids is 1. The predicted octanol–water partition coefficient (Wildman–Crippen LogP) is 6.33. The molecule has 0 radical (unpaired) electrons. The zero-order valence-electron chi connectivity index (χ0n) is 27.1. The Morgan fingerprint density at radius 2 is 1.35 bits per heavy atom. The van der Waals surface area contributed by atoms with Crippen molar-refractivity contribution in [2.75, 3.05) is 0 Å². The number of amides is 2. The first-order valence-corrected chi connectivity index (χ1v) is 16.3. The first-order valence-electron chi connectivity index (χ1n) is 15.4. The number of nitrogens with one attached hydrogen (secondary N) is 2. The SMILES string of the molecule is CC(NC(=O)C(Cc1ccc(-c2ncc(-c3ccc(C(=O)c4ccccc4)cc3)cn2)cc1)NC(=O)c1ccc(C(C)(C)C)s1)C(=O)O. The fourth-order valence-corrected chi connectivity index (χ4v) is 5.87. The number of nitrogens with zero attached hydrogens (tertiary/aromatic N) is 2. The van der Waals surface area contributed by atoms with Gasteiger partial charge in [-0.25, -0.2) is 9.97 Å². The molecule has 0 spiro atoms. The molecule has 0 aliphatic heterocycles. The number of carbonyl (C=O) groups is 4. The molecule has 2 aromatic heterocycles. The molecule has 0 aliphatic rings. The van der Waals surface area contributed by atoms with E-state index in [9.17, 15) is 24.3 Å². The first kappa shape index (κ1) is 33.9. The van der Waals surface area contributed by atoms with Gasteiger partial charge in [0.05, 0.1) is 4.88 Å². The molecule has 48 heavy (non-hydrogen) atoms. The van der Waals surface area contributed by atoms with Crippen LogP contribution in [0.15, 0.2) is 103 Å². The van der Waals surface area contributed by atoms with Crippen molar-refractivity contribution in [1.82, 2.24) is 20.6 Å². The second kappa shape index (κ2) is 14.5. The van der Waals surface area contributed by atoms with E-state index in [1.807, 2.05) is 60.7 Å². The Bertz CT molecular complexity index is 1910. The first-order chi connectivity index (χ1) is 22.9. The van der Waals surface area contributed by atoms with Crippen molar-refractivity contribution in [3.8, 4) is 22.5 Å². The van der Waals surface area contributed by atoms with E-state index in [0.29, 0.717) is 21.8 Å². The zero-order chi connectivity index (χ0) is 34.4. The van der Waals surface area contributed by atoms with Crippen molar-refractivity contribution in [2.24, 2.45) is 0 Å². The van der Waals surface area contributed by atoms with Crippen LogP contribution in [-0.2, 0) is 21.4 Å². The van der Waals surface area contributed by atoms with Gasteiger partial charge in [-0.15, -0.1) is 11.3 Å². The molecule has 244 valence electrons. The average Bonchev–Trinajstić information content (AvgIpc) is 3.60. The third kappa shape index (κ3) is 8.26. The molecule has 2 amide bonds. The van der Waals surface area contributed by atoms with Crippen molar-refractivity contribution in [1.29, 1.82) is 0 Å². The van der Waals surface area contributed by atoms with Crippen LogP contribution in [0, 0.1) is 0 Å². The van der Waals surface area contributed by atoms with Gasteiger partial charge in [-0.3, -0.25) is 19.2 Å². The van der Waals surface area contributed by atoms with E-state index in [2.05, 4.69) is 41.4 Å². The molecule has 0 aliphatic carbocycles. The van der Waals surface area contributed by atoms with Gasteiger partial charge < -0.3 is 15.7 Å². The highest BCUT2D eigenvalue weighted by molar-refractivity contribution is 7.14. The van der Waals surface area contributed by atoms with Gasteiger partial charge in [0.25, 0.3) is 5.91 Å². The fraction of sp³-hybridized carbons (Fsp3) is 0.211. The Hall–Kier alpha value is -5.48. The lowest BCUT2D eigenvalue weighted by Crippen LogP contribution is -2.51. The molecular weight excluding hydrogens is 625 g/mol. The van der Waals surface area contributed by atoms with E-state index in [-0.39, 0.29) is 17.6 Å². The monoisotopic (exact) mass is 660 g/mol. The number of thiophene rings is 1. The van der Waals surface area contributed by atoms with Crippen molar-refractivity contribution >= 4 is 34.9 Å². The van der Waals surface area contributed by atoms with Crippen LogP contribution < -0.4 is 10.6 Å². The number of carboxylic acid groups (broad SMARTS) is 1. The van der Waals surface area contributed by atoms with Crippen LogP contribution in [-0.4, -0.2) is 50.7 Å². The molecule has 3 aromatic carbocycles. The van der Waals surface area contributed by atoms with Gasteiger partial charge in [-0.2, -0.15) is 0 Å². The Morgan fingerprint density at radius 3 is 1.94 bits per heavy atom. The highest BCUT2D eigenvalue weighted by atomic mass is 32.1. The normalized spacial score (nSPS) is 12.5. The molecule has 2 atom stereocenters. The second-order valence-electron chi connectivity index (χ2n) is 12.5. The summed E-state index contributed by atoms with van der Waals surface area (Å²) < 4.78 is 0. The quantitative estimate of drug-likeness (QED) is 0.141. The lowest BCUT2D eigenvalue weighted by molar-refractivity contribution is -0.141. The van der Waals surface area contributed by atoms with E-state index >= 15 is 0 Å². The van der Waals surface area contributed by atoms with Crippen molar-refractivity contribution in [3.63, 3.8) is 0 Å². The number of hydrogen-bond donors (Lipinski definition) is 3. The smallest absolute Gasteiger partial charge is 0.325 e. The summed E-state index contributed by atoms with van der Waals surface area (Å²) in [5, 5.41) is 14.6. The van der Waals surface area contributed by atoms with Gasteiger partial charge in [0.1, 0.15) is 12.1 Å². The summed E-state index contributed by atoms with van der Waals surface area (Å²) in [6, 6.07) is 25.3. The number of ketones is 1. The van der Waals surface area contributed by atoms with Gasteiger partial charge in [-0.05, 0) is 35.6 Å². The number of aromatic nitrogens is 2. The van der Waals surface area contributed by atoms with E-state index in [0.717, 1.165) is 27.1 Å². The predicted molar refractivity (Wildman–Crippen MR) is 186 cm³/mol. The maximum Gasteiger partial charge on any atom is 0.325 e. The molecule has 0 fully saturated rings. The number of carbonyl (C=O) groups excluding carboxylic acids is 3. The highest BCUT2D eigenvalue weighted by Crippen LogP contribution is 2.29. The molecule has 0 saturated carbocycles. The molecule has 0 saturated heterocycles. The molecule has 0 bridgehead atoms. The minimum Gasteiger partial charge on any atom is -0.480 e. The molecule has 5 aromatic rings. The standard InChI is InChI=1S/C38H36N4O5S/c1-23(37(46)47)41-35(44)30(42-36(45)31-18-19-32(48-31)38(2,3)4)20-24-10-12-28(13-11-24)34-39-21-29(22-40-34)25-14-16-27(17-15-25)33(43)26-8-6-5-7-9-26/h5-19,21-23,30H,20H2,1-4H3,(H,41,44)(H,42,45)(H,46,47). The van der Waals surface area contributed by atoms with Crippen LogP contribution in [0.25, 0.3) is 22.5 Å². The van der Waals surface area contributed by atoms with Crippen LogP contribution in [0.1, 0.15) is 63.7 Å². The Balaban J connectivity index is 1.27. The van der Waals surface area contributed by atoms with Gasteiger partial charge >= 0.3 is 5.97 Å². The second-order valence-corrected chi connectivity index (χ2v) is 13.6. The Kier molecular flexibility index (Phi) is 10.2. The summed E-state index contributed by atoms with van der Waals surface area (Å²) in [7, 11) is 0. The van der Waals surface area contributed by atoms with Crippen LogP contribution >= 0.6 is 11.3 Å². The van der Waals surface area contributed by atoms with Crippen LogP contribution in [0.5, 0.6) is 0 Å². The summed E-state index contributed by atoms with van der Waals surface area (Å²) in [5.41, 5.74) is 4.29. The fourth-order valence-electron chi connectivity index (χ4n) is 4.90. The van der Waals surface area contributed by atoms with E-state index in [4.69, 9.17) is 0 Å². The van der Waals surface area contributed by atoms with Crippen molar-refractivity contribution in [3.05, 3.63) is 130 Å². The number of carboxylic acids is 1. The Labute approximate surface area is 283 Å². The molecule has 2 unspecified atom stereocenters.